The van der Waals surface area contributed by atoms with Gasteiger partial charge in [0.2, 0.25) is 0 Å². The topological polar surface area (TPSA) is 35.5 Å². The van der Waals surface area contributed by atoms with Gasteiger partial charge >= 0.3 is 0 Å². The Morgan fingerprint density at radius 3 is 2.89 bits per heavy atom. The van der Waals surface area contributed by atoms with Gasteiger partial charge in [-0.05, 0) is 43.5 Å². The molecular formula is C15H21ClN2O. The maximum atomic E-state index is 9.98. The number of nitrogens with zero attached hydrogens (tertiary/aromatic N) is 1. The third-order valence-electron chi connectivity index (χ3n) is 4.55. The van der Waals surface area contributed by atoms with E-state index in [1.165, 1.54) is 5.56 Å². The third kappa shape index (κ3) is 2.47. The van der Waals surface area contributed by atoms with E-state index in [1.54, 1.807) is 0 Å². The van der Waals surface area contributed by atoms with Gasteiger partial charge in [-0.15, -0.1) is 0 Å². The molecule has 0 spiro atoms. The average Bonchev–Trinajstić information content (AvgIpc) is 2.93. The zero-order chi connectivity index (χ0) is 13.4. The van der Waals surface area contributed by atoms with Crippen LogP contribution < -0.4 is 10.2 Å². The number of nitrogens with one attached hydrogen (secondary N) is 1. The van der Waals surface area contributed by atoms with E-state index in [9.17, 15) is 5.11 Å². The van der Waals surface area contributed by atoms with Gasteiger partial charge in [-0.2, -0.15) is 0 Å². The summed E-state index contributed by atoms with van der Waals surface area (Å²) >= 11 is 6.41. The summed E-state index contributed by atoms with van der Waals surface area (Å²) in [4.78, 5) is 2.34. The standard InChI is InChI=1S/C15H21ClN2O/c1-17-7-10-2-4-14(13(16)6-10)18-8-11-3-5-15(19)12(11)9-18/h2,4,6,11-12,15,17,19H,3,5,7-9H2,1H3. The molecule has 1 heterocycles. The summed E-state index contributed by atoms with van der Waals surface area (Å²) in [7, 11) is 1.94. The molecule has 1 aliphatic carbocycles. The van der Waals surface area contributed by atoms with Crippen LogP contribution in [0.3, 0.4) is 0 Å². The zero-order valence-electron chi connectivity index (χ0n) is 11.3. The highest BCUT2D eigenvalue weighted by Crippen LogP contribution is 2.41. The molecule has 1 saturated carbocycles. The van der Waals surface area contributed by atoms with Crippen molar-refractivity contribution in [3.8, 4) is 0 Å². The lowest BCUT2D eigenvalue weighted by Gasteiger charge is -2.22. The van der Waals surface area contributed by atoms with E-state index in [0.29, 0.717) is 11.8 Å². The molecule has 0 bridgehead atoms. The second kappa shape index (κ2) is 5.31. The number of anilines is 1. The van der Waals surface area contributed by atoms with Crippen LogP contribution in [0.25, 0.3) is 0 Å². The first kappa shape index (κ1) is 13.2. The highest BCUT2D eigenvalue weighted by molar-refractivity contribution is 6.33. The van der Waals surface area contributed by atoms with E-state index in [4.69, 9.17) is 11.6 Å². The maximum absolute atomic E-state index is 9.98. The summed E-state index contributed by atoms with van der Waals surface area (Å²) in [5.41, 5.74) is 2.32. The van der Waals surface area contributed by atoms with E-state index >= 15 is 0 Å². The van der Waals surface area contributed by atoms with Crippen LogP contribution >= 0.6 is 11.6 Å². The molecule has 3 atom stereocenters. The Morgan fingerprint density at radius 1 is 1.37 bits per heavy atom. The van der Waals surface area contributed by atoms with Crippen LogP contribution in [0.15, 0.2) is 18.2 Å². The fraction of sp³-hybridized carbons (Fsp3) is 0.600. The van der Waals surface area contributed by atoms with E-state index in [1.807, 2.05) is 13.1 Å². The molecule has 4 heteroatoms. The first-order chi connectivity index (χ1) is 9.19. The summed E-state index contributed by atoms with van der Waals surface area (Å²) in [5.74, 6) is 1.08. The quantitative estimate of drug-likeness (QED) is 0.892. The van der Waals surface area contributed by atoms with E-state index in [0.717, 1.165) is 43.2 Å². The first-order valence-electron chi connectivity index (χ1n) is 7.05. The summed E-state index contributed by atoms with van der Waals surface area (Å²) in [6, 6.07) is 6.28. The summed E-state index contributed by atoms with van der Waals surface area (Å²) in [6.07, 6.45) is 2.01. The van der Waals surface area contributed by atoms with Gasteiger partial charge in [0, 0.05) is 25.6 Å². The van der Waals surface area contributed by atoms with Crippen LogP contribution in [-0.2, 0) is 6.54 Å². The van der Waals surface area contributed by atoms with Crippen LogP contribution in [0.1, 0.15) is 18.4 Å². The Kier molecular flexibility index (Phi) is 3.70. The molecule has 1 aromatic rings. The molecule has 0 radical (unpaired) electrons. The number of benzene rings is 1. The van der Waals surface area contributed by atoms with Gasteiger partial charge < -0.3 is 15.3 Å². The second-order valence-electron chi connectivity index (χ2n) is 5.79. The summed E-state index contributed by atoms with van der Waals surface area (Å²) in [5, 5.41) is 13.9. The smallest absolute Gasteiger partial charge is 0.0642 e. The number of fused-ring (bicyclic) bond motifs is 1. The number of halogens is 1. The van der Waals surface area contributed by atoms with E-state index < -0.39 is 0 Å². The number of hydrogen-bond acceptors (Lipinski definition) is 3. The van der Waals surface area contributed by atoms with Crippen molar-refractivity contribution >= 4 is 17.3 Å². The third-order valence-corrected chi connectivity index (χ3v) is 4.86. The lowest BCUT2D eigenvalue weighted by atomic mass is 10.00. The molecule has 1 aromatic carbocycles. The number of rotatable bonds is 3. The van der Waals surface area contributed by atoms with Gasteiger partial charge in [0.05, 0.1) is 16.8 Å². The van der Waals surface area contributed by atoms with E-state index in [-0.39, 0.29) is 6.10 Å². The molecule has 19 heavy (non-hydrogen) atoms. The van der Waals surface area contributed by atoms with Crippen molar-refractivity contribution < 1.29 is 5.11 Å². The van der Waals surface area contributed by atoms with Crippen molar-refractivity contribution in [2.45, 2.75) is 25.5 Å². The fourth-order valence-corrected chi connectivity index (χ4v) is 3.88. The molecular weight excluding hydrogens is 260 g/mol. The van der Waals surface area contributed by atoms with Gasteiger partial charge in [-0.25, -0.2) is 0 Å². The summed E-state index contributed by atoms with van der Waals surface area (Å²) in [6.45, 7) is 2.81. The van der Waals surface area contributed by atoms with Crippen molar-refractivity contribution in [3.63, 3.8) is 0 Å². The Morgan fingerprint density at radius 2 is 2.21 bits per heavy atom. The van der Waals surface area contributed by atoms with Crippen molar-refractivity contribution in [1.29, 1.82) is 0 Å². The van der Waals surface area contributed by atoms with Crippen LogP contribution in [0.4, 0.5) is 5.69 Å². The monoisotopic (exact) mass is 280 g/mol. The van der Waals surface area contributed by atoms with Crippen LogP contribution in [0.5, 0.6) is 0 Å². The highest BCUT2D eigenvalue weighted by Gasteiger charge is 2.42. The minimum atomic E-state index is -0.114. The minimum absolute atomic E-state index is 0.114. The molecule has 0 aromatic heterocycles. The average molecular weight is 281 g/mol. The molecule has 3 rings (SSSR count). The molecule has 2 N–H and O–H groups in total. The van der Waals surface area contributed by atoms with Crippen molar-refractivity contribution in [2.75, 3.05) is 25.0 Å². The largest absolute Gasteiger partial charge is 0.393 e. The van der Waals surface area contributed by atoms with Crippen molar-refractivity contribution in [3.05, 3.63) is 28.8 Å². The first-order valence-corrected chi connectivity index (χ1v) is 7.43. The van der Waals surface area contributed by atoms with Crippen LogP contribution in [-0.4, -0.2) is 31.3 Å². The van der Waals surface area contributed by atoms with Gasteiger partial charge in [0.25, 0.3) is 0 Å². The number of aliphatic hydroxyl groups excluding tert-OH is 1. The predicted octanol–water partition coefficient (Wildman–Crippen LogP) is 2.27. The Bertz CT molecular complexity index is 465. The molecule has 3 unspecified atom stereocenters. The number of hydrogen-bond donors (Lipinski definition) is 2. The normalized spacial score (nSPS) is 29.8. The molecule has 1 aliphatic heterocycles. The van der Waals surface area contributed by atoms with Gasteiger partial charge in [-0.1, -0.05) is 17.7 Å². The predicted molar refractivity (Wildman–Crippen MR) is 78.6 cm³/mol. The van der Waals surface area contributed by atoms with Crippen molar-refractivity contribution in [1.82, 2.24) is 5.32 Å². The molecule has 104 valence electrons. The molecule has 2 fully saturated rings. The van der Waals surface area contributed by atoms with E-state index in [2.05, 4.69) is 22.3 Å². The van der Waals surface area contributed by atoms with Crippen LogP contribution in [0, 0.1) is 11.8 Å². The summed E-state index contributed by atoms with van der Waals surface area (Å²) < 4.78 is 0. The van der Waals surface area contributed by atoms with Gasteiger partial charge in [-0.3, -0.25) is 0 Å². The maximum Gasteiger partial charge on any atom is 0.0642 e. The fourth-order valence-electron chi connectivity index (χ4n) is 3.55. The molecule has 2 aliphatic rings. The lowest BCUT2D eigenvalue weighted by Crippen LogP contribution is -2.24. The number of aliphatic hydroxyl groups is 1. The van der Waals surface area contributed by atoms with Gasteiger partial charge in [0.15, 0.2) is 0 Å². The minimum Gasteiger partial charge on any atom is -0.393 e. The Labute approximate surface area is 119 Å². The molecule has 0 amide bonds. The molecule has 1 saturated heterocycles. The lowest BCUT2D eigenvalue weighted by molar-refractivity contribution is 0.133. The second-order valence-corrected chi connectivity index (χ2v) is 6.20. The highest BCUT2D eigenvalue weighted by atomic mass is 35.5. The van der Waals surface area contributed by atoms with Crippen molar-refractivity contribution in [2.24, 2.45) is 11.8 Å². The van der Waals surface area contributed by atoms with Gasteiger partial charge in [0.1, 0.15) is 0 Å². The molecule has 3 nitrogen and oxygen atoms in total. The van der Waals surface area contributed by atoms with Crippen LogP contribution in [0.2, 0.25) is 5.02 Å². The Balaban J connectivity index is 1.77. The Hall–Kier alpha value is -0.770. The SMILES string of the molecule is CNCc1ccc(N2CC3CCC(O)C3C2)c(Cl)c1. The zero-order valence-corrected chi connectivity index (χ0v) is 12.0.